The molecule has 1 aliphatic carbocycles. The summed E-state index contributed by atoms with van der Waals surface area (Å²) in [4.78, 5) is 8.70. The molecular weight excluding hydrogens is 252 g/mol. The average Bonchev–Trinajstić information content (AvgIpc) is 2.51. The van der Waals surface area contributed by atoms with Gasteiger partial charge in [-0.25, -0.2) is 4.98 Å². The van der Waals surface area contributed by atoms with Crippen molar-refractivity contribution in [1.82, 2.24) is 9.97 Å². The predicted molar refractivity (Wildman–Crippen MR) is 81.8 cm³/mol. The summed E-state index contributed by atoms with van der Waals surface area (Å²) in [6, 6.07) is 0. The van der Waals surface area contributed by atoms with E-state index in [-0.39, 0.29) is 0 Å². The van der Waals surface area contributed by atoms with E-state index in [1.54, 1.807) is 12.4 Å². The van der Waals surface area contributed by atoms with Gasteiger partial charge in [-0.3, -0.25) is 4.98 Å². The molecule has 2 unspecified atom stereocenters. The average molecular weight is 278 g/mol. The third kappa shape index (κ3) is 4.34. The van der Waals surface area contributed by atoms with Gasteiger partial charge in [0.25, 0.3) is 0 Å². The van der Waals surface area contributed by atoms with E-state index < -0.39 is 0 Å². The Bertz CT molecular complexity index is 399. The van der Waals surface area contributed by atoms with Gasteiger partial charge in [0.15, 0.2) is 0 Å². The van der Waals surface area contributed by atoms with Crippen LogP contribution in [0.15, 0.2) is 12.4 Å². The maximum Gasteiger partial charge on any atom is 0.146 e. The minimum atomic E-state index is 0.302. The van der Waals surface area contributed by atoms with Gasteiger partial charge in [0.2, 0.25) is 0 Å². The second kappa shape index (κ2) is 8.04. The van der Waals surface area contributed by atoms with Gasteiger partial charge in [0.05, 0.1) is 12.4 Å². The zero-order valence-corrected chi connectivity index (χ0v) is 12.3. The quantitative estimate of drug-likeness (QED) is 0.715. The summed E-state index contributed by atoms with van der Waals surface area (Å²) in [6.45, 7) is 4.21. The third-order valence-electron chi connectivity index (χ3n) is 4.04. The van der Waals surface area contributed by atoms with Crippen molar-refractivity contribution in [2.24, 2.45) is 11.8 Å². The Morgan fingerprint density at radius 2 is 1.85 bits per heavy atom. The molecule has 0 amide bonds. The van der Waals surface area contributed by atoms with Crippen LogP contribution in [-0.2, 0) is 0 Å². The molecule has 112 valence electrons. The number of anilines is 2. The molecule has 1 aliphatic rings. The number of nitrogens with zero attached hydrogens (tertiary/aromatic N) is 2. The highest BCUT2D eigenvalue weighted by Gasteiger charge is 2.24. The summed E-state index contributed by atoms with van der Waals surface area (Å²) in [5, 5.41) is 16.0. The zero-order chi connectivity index (χ0) is 14.2. The maximum atomic E-state index is 9.43. The first-order valence-corrected chi connectivity index (χ1v) is 7.74. The van der Waals surface area contributed by atoms with Gasteiger partial charge in [-0.15, -0.1) is 0 Å². The van der Waals surface area contributed by atoms with Gasteiger partial charge in [-0.1, -0.05) is 19.8 Å². The fraction of sp³-hybridized carbons (Fsp3) is 0.733. The number of aromatic nitrogens is 2. The van der Waals surface area contributed by atoms with E-state index in [1.165, 1.54) is 19.3 Å². The molecule has 0 spiro atoms. The summed E-state index contributed by atoms with van der Waals surface area (Å²) < 4.78 is 0. The van der Waals surface area contributed by atoms with Crippen molar-refractivity contribution in [2.75, 3.05) is 30.3 Å². The summed E-state index contributed by atoms with van der Waals surface area (Å²) >= 11 is 0. The Morgan fingerprint density at radius 1 is 1.15 bits per heavy atom. The van der Waals surface area contributed by atoms with Gasteiger partial charge < -0.3 is 15.7 Å². The Balaban J connectivity index is 1.86. The molecule has 1 aromatic heterocycles. The van der Waals surface area contributed by atoms with Crippen LogP contribution >= 0.6 is 0 Å². The summed E-state index contributed by atoms with van der Waals surface area (Å²) in [5.41, 5.74) is 0. The molecular formula is C15H26N4O. The molecule has 0 bridgehead atoms. The van der Waals surface area contributed by atoms with Gasteiger partial charge in [-0.2, -0.15) is 0 Å². The number of nitrogens with one attached hydrogen (secondary N) is 2. The van der Waals surface area contributed by atoms with Crippen molar-refractivity contribution in [2.45, 2.75) is 39.0 Å². The van der Waals surface area contributed by atoms with E-state index in [0.717, 1.165) is 37.6 Å². The van der Waals surface area contributed by atoms with Crippen LogP contribution in [0.1, 0.15) is 39.0 Å². The first-order valence-electron chi connectivity index (χ1n) is 7.74. The predicted octanol–water partition coefficient (Wildman–Crippen LogP) is 2.51. The number of aliphatic hydroxyl groups is 1. The third-order valence-corrected chi connectivity index (χ3v) is 4.04. The fourth-order valence-electron chi connectivity index (χ4n) is 2.82. The lowest BCUT2D eigenvalue weighted by atomic mass is 9.79. The van der Waals surface area contributed by atoms with Crippen LogP contribution in [0.25, 0.3) is 0 Å². The highest BCUT2D eigenvalue weighted by molar-refractivity contribution is 5.41. The zero-order valence-electron chi connectivity index (χ0n) is 12.3. The summed E-state index contributed by atoms with van der Waals surface area (Å²) in [5.74, 6) is 2.61. The monoisotopic (exact) mass is 278 g/mol. The Labute approximate surface area is 121 Å². The molecule has 0 saturated heterocycles. The molecule has 2 atom stereocenters. The summed E-state index contributed by atoms with van der Waals surface area (Å²) in [7, 11) is 0. The molecule has 1 saturated carbocycles. The molecule has 0 radical (unpaired) electrons. The number of hydrogen-bond donors (Lipinski definition) is 3. The van der Waals surface area contributed by atoms with Crippen LogP contribution in [0.3, 0.4) is 0 Å². The first-order chi connectivity index (χ1) is 9.83. The number of hydrogen-bond acceptors (Lipinski definition) is 5. The largest absolute Gasteiger partial charge is 0.396 e. The summed E-state index contributed by atoms with van der Waals surface area (Å²) in [6.07, 6.45) is 9.43. The molecule has 1 fully saturated rings. The van der Waals surface area contributed by atoms with Crippen molar-refractivity contribution >= 4 is 11.6 Å². The number of aliphatic hydroxyl groups excluding tert-OH is 1. The minimum Gasteiger partial charge on any atom is -0.396 e. The molecule has 1 heterocycles. The maximum absolute atomic E-state index is 9.43. The van der Waals surface area contributed by atoms with Gasteiger partial charge in [0, 0.05) is 19.7 Å². The molecule has 20 heavy (non-hydrogen) atoms. The van der Waals surface area contributed by atoms with Crippen LogP contribution in [-0.4, -0.2) is 34.8 Å². The van der Waals surface area contributed by atoms with Gasteiger partial charge in [0.1, 0.15) is 11.6 Å². The Hall–Kier alpha value is -1.36. The molecule has 2 rings (SSSR count). The molecule has 5 nitrogen and oxygen atoms in total. The van der Waals surface area contributed by atoms with Crippen molar-refractivity contribution in [3.05, 3.63) is 12.4 Å². The Morgan fingerprint density at radius 3 is 2.55 bits per heavy atom. The molecule has 1 aromatic rings. The Kier molecular flexibility index (Phi) is 6.05. The normalized spacial score (nSPS) is 22.5. The lowest BCUT2D eigenvalue weighted by molar-refractivity contribution is 0.141. The van der Waals surface area contributed by atoms with E-state index in [1.807, 2.05) is 0 Å². The topological polar surface area (TPSA) is 70.1 Å². The van der Waals surface area contributed by atoms with Crippen molar-refractivity contribution in [3.8, 4) is 0 Å². The van der Waals surface area contributed by atoms with Gasteiger partial charge in [-0.05, 0) is 31.1 Å². The highest BCUT2D eigenvalue weighted by atomic mass is 16.3. The highest BCUT2D eigenvalue weighted by Crippen LogP contribution is 2.29. The second-order valence-corrected chi connectivity index (χ2v) is 5.58. The van der Waals surface area contributed by atoms with Crippen LogP contribution in [0.5, 0.6) is 0 Å². The van der Waals surface area contributed by atoms with Crippen molar-refractivity contribution in [3.63, 3.8) is 0 Å². The van der Waals surface area contributed by atoms with Crippen LogP contribution in [0.2, 0.25) is 0 Å². The smallest absolute Gasteiger partial charge is 0.146 e. The molecule has 0 aliphatic heterocycles. The molecule has 3 N–H and O–H groups in total. The molecule has 0 aromatic carbocycles. The van der Waals surface area contributed by atoms with E-state index in [0.29, 0.717) is 18.4 Å². The lowest BCUT2D eigenvalue weighted by Crippen LogP contribution is -2.28. The van der Waals surface area contributed by atoms with Crippen LogP contribution < -0.4 is 10.6 Å². The fourth-order valence-corrected chi connectivity index (χ4v) is 2.82. The minimum absolute atomic E-state index is 0.302. The first kappa shape index (κ1) is 15.0. The van der Waals surface area contributed by atoms with E-state index in [4.69, 9.17) is 0 Å². The lowest BCUT2D eigenvalue weighted by Gasteiger charge is -2.30. The van der Waals surface area contributed by atoms with Crippen molar-refractivity contribution in [1.29, 1.82) is 0 Å². The standard InChI is InChI=1S/C15H26N4O/c1-2-7-17-14-9-16-10-15(19-14)18-8-12-5-3-4-6-13(12)11-20/h9-10,12-13,20H,2-8,11H2,1H3,(H2,17,18,19). The second-order valence-electron chi connectivity index (χ2n) is 5.58. The van der Waals surface area contributed by atoms with Crippen LogP contribution in [0.4, 0.5) is 11.6 Å². The van der Waals surface area contributed by atoms with E-state index >= 15 is 0 Å². The van der Waals surface area contributed by atoms with Gasteiger partial charge >= 0.3 is 0 Å². The SMILES string of the molecule is CCCNc1cncc(NCC2CCCCC2CO)n1. The van der Waals surface area contributed by atoms with E-state index in [2.05, 4.69) is 27.5 Å². The van der Waals surface area contributed by atoms with E-state index in [9.17, 15) is 5.11 Å². The molecule has 5 heteroatoms. The number of rotatable bonds is 7. The van der Waals surface area contributed by atoms with Crippen molar-refractivity contribution < 1.29 is 5.11 Å². The van der Waals surface area contributed by atoms with Crippen LogP contribution in [0, 0.1) is 11.8 Å².